The zero-order valence-corrected chi connectivity index (χ0v) is 21.2. The predicted molar refractivity (Wildman–Crippen MR) is 140 cm³/mol. The van der Waals surface area contributed by atoms with Crippen LogP contribution in [0.5, 0.6) is 5.75 Å². The van der Waals surface area contributed by atoms with Crippen LogP contribution in [0.3, 0.4) is 0 Å². The summed E-state index contributed by atoms with van der Waals surface area (Å²) in [6.45, 7) is 13.8. The molecule has 2 aromatic rings. The minimum absolute atomic E-state index is 0.0717. The average molecular weight is 462 g/mol. The topological polar surface area (TPSA) is 53.9 Å². The van der Waals surface area contributed by atoms with E-state index in [0.29, 0.717) is 10.1 Å². The number of benzene rings is 2. The molecule has 1 amide bonds. The molecule has 0 unspecified atom stereocenters. The minimum Gasteiger partial charge on any atom is -0.496 e. The van der Waals surface area contributed by atoms with E-state index in [1.165, 1.54) is 28.5 Å². The SMILES string of the molecule is CCN1c2cc(OC)c(/C=C3/SC(=Nc4ccc(C)c(C)c4)NC3=O)cc2C(C)=CC1(C)C. The van der Waals surface area contributed by atoms with E-state index in [4.69, 9.17) is 4.74 Å². The van der Waals surface area contributed by atoms with Crippen LogP contribution in [0, 0.1) is 13.8 Å². The lowest BCUT2D eigenvalue weighted by Gasteiger charge is -2.43. The van der Waals surface area contributed by atoms with Crippen molar-refractivity contribution < 1.29 is 9.53 Å². The third kappa shape index (κ3) is 4.44. The number of amides is 1. The number of carbonyl (C=O) groups is 1. The lowest BCUT2D eigenvalue weighted by atomic mass is 9.87. The van der Waals surface area contributed by atoms with Gasteiger partial charge in [-0.15, -0.1) is 0 Å². The smallest absolute Gasteiger partial charge is 0.264 e. The molecule has 0 bridgehead atoms. The van der Waals surface area contributed by atoms with Crippen molar-refractivity contribution in [2.24, 2.45) is 4.99 Å². The molecule has 33 heavy (non-hydrogen) atoms. The van der Waals surface area contributed by atoms with Crippen molar-refractivity contribution in [2.45, 2.75) is 47.1 Å². The van der Waals surface area contributed by atoms with E-state index < -0.39 is 0 Å². The van der Waals surface area contributed by atoms with Crippen LogP contribution in [0.4, 0.5) is 11.4 Å². The van der Waals surface area contributed by atoms with Crippen LogP contribution in [0.25, 0.3) is 11.6 Å². The van der Waals surface area contributed by atoms with Gasteiger partial charge in [-0.1, -0.05) is 12.1 Å². The first-order valence-electron chi connectivity index (χ1n) is 11.2. The number of anilines is 1. The molecule has 4 rings (SSSR count). The van der Waals surface area contributed by atoms with E-state index in [0.717, 1.165) is 34.8 Å². The highest BCUT2D eigenvalue weighted by Gasteiger charge is 2.31. The Morgan fingerprint density at radius 3 is 2.58 bits per heavy atom. The molecule has 1 N–H and O–H groups in total. The summed E-state index contributed by atoms with van der Waals surface area (Å²) in [7, 11) is 1.67. The van der Waals surface area contributed by atoms with E-state index in [2.05, 4.69) is 75.0 Å². The Hall–Kier alpha value is -2.99. The quantitative estimate of drug-likeness (QED) is 0.549. The summed E-state index contributed by atoms with van der Waals surface area (Å²) in [5.74, 6) is 0.601. The Morgan fingerprint density at radius 1 is 1.15 bits per heavy atom. The summed E-state index contributed by atoms with van der Waals surface area (Å²) in [4.78, 5) is 20.3. The summed E-state index contributed by atoms with van der Waals surface area (Å²) in [6, 6.07) is 10.2. The number of nitrogens with zero attached hydrogens (tertiary/aromatic N) is 2. The van der Waals surface area contributed by atoms with Crippen LogP contribution in [-0.4, -0.2) is 30.3 Å². The molecule has 0 spiro atoms. The predicted octanol–water partition coefficient (Wildman–Crippen LogP) is 6.23. The number of methoxy groups -OCH3 is 1. The number of hydrogen-bond donors (Lipinski definition) is 1. The Balaban J connectivity index is 1.70. The monoisotopic (exact) mass is 461 g/mol. The molecule has 5 nitrogen and oxygen atoms in total. The van der Waals surface area contributed by atoms with Gasteiger partial charge >= 0.3 is 0 Å². The number of fused-ring (bicyclic) bond motifs is 1. The second-order valence-electron chi connectivity index (χ2n) is 9.09. The molecule has 2 aliphatic rings. The molecule has 0 radical (unpaired) electrons. The number of rotatable bonds is 4. The zero-order chi connectivity index (χ0) is 23.9. The third-order valence-corrected chi connectivity index (χ3v) is 7.21. The molecule has 1 saturated heterocycles. The Morgan fingerprint density at radius 2 is 1.91 bits per heavy atom. The first-order chi connectivity index (χ1) is 15.6. The Kier molecular flexibility index (Phi) is 6.14. The molecule has 172 valence electrons. The van der Waals surface area contributed by atoms with Gasteiger partial charge in [-0.25, -0.2) is 4.99 Å². The number of thioether (sulfide) groups is 1. The highest BCUT2D eigenvalue weighted by atomic mass is 32.2. The first-order valence-corrected chi connectivity index (χ1v) is 12.0. The summed E-state index contributed by atoms with van der Waals surface area (Å²) >= 11 is 1.35. The highest BCUT2D eigenvalue weighted by molar-refractivity contribution is 8.18. The van der Waals surface area contributed by atoms with Gasteiger partial charge in [0.25, 0.3) is 5.91 Å². The first kappa shape index (κ1) is 23.2. The maximum absolute atomic E-state index is 12.7. The molecule has 2 aliphatic heterocycles. The van der Waals surface area contributed by atoms with Crippen molar-refractivity contribution >= 4 is 45.9 Å². The molecule has 0 saturated carbocycles. The number of amidine groups is 1. The lowest BCUT2D eigenvalue weighted by molar-refractivity contribution is -0.115. The number of hydrogen-bond acceptors (Lipinski definition) is 5. The van der Waals surface area contributed by atoms with Crippen molar-refractivity contribution in [3.63, 3.8) is 0 Å². The van der Waals surface area contributed by atoms with Crippen LogP contribution in [0.2, 0.25) is 0 Å². The average Bonchev–Trinajstić information content (AvgIpc) is 3.09. The molecule has 0 aromatic heterocycles. The fraction of sp³-hybridized carbons (Fsp3) is 0.333. The second kappa shape index (κ2) is 8.75. The van der Waals surface area contributed by atoms with Crippen LogP contribution < -0.4 is 15.0 Å². The molecular formula is C27H31N3O2S. The van der Waals surface area contributed by atoms with Gasteiger partial charge in [-0.2, -0.15) is 0 Å². The molecular weight excluding hydrogens is 430 g/mol. The number of aliphatic imine (C=N–C) groups is 1. The van der Waals surface area contributed by atoms with Crippen LogP contribution in [-0.2, 0) is 4.79 Å². The maximum Gasteiger partial charge on any atom is 0.264 e. The number of allylic oxidation sites excluding steroid dienone is 1. The molecule has 2 heterocycles. The largest absolute Gasteiger partial charge is 0.496 e. The van der Waals surface area contributed by atoms with Gasteiger partial charge in [-0.3, -0.25) is 4.79 Å². The van der Waals surface area contributed by atoms with Crippen molar-refractivity contribution in [2.75, 3.05) is 18.6 Å². The fourth-order valence-electron chi connectivity index (χ4n) is 4.52. The number of nitrogens with one attached hydrogen (secondary N) is 1. The van der Waals surface area contributed by atoms with Crippen LogP contribution in [0.1, 0.15) is 49.9 Å². The Labute approximate surface area is 200 Å². The summed E-state index contributed by atoms with van der Waals surface area (Å²) < 4.78 is 5.74. The zero-order valence-electron chi connectivity index (χ0n) is 20.4. The van der Waals surface area contributed by atoms with E-state index in [1.807, 2.05) is 24.3 Å². The molecule has 1 fully saturated rings. The Bertz CT molecular complexity index is 1220. The highest BCUT2D eigenvalue weighted by Crippen LogP contribution is 2.43. The lowest BCUT2D eigenvalue weighted by Crippen LogP contribution is -2.44. The van der Waals surface area contributed by atoms with Gasteiger partial charge in [0.1, 0.15) is 5.75 Å². The molecule has 0 atom stereocenters. The van der Waals surface area contributed by atoms with Crippen LogP contribution in [0.15, 0.2) is 46.3 Å². The van der Waals surface area contributed by atoms with E-state index in [9.17, 15) is 4.79 Å². The van der Waals surface area contributed by atoms with Crippen molar-refractivity contribution in [1.29, 1.82) is 0 Å². The number of likely N-dealkylation sites (N-methyl/N-ethyl adjacent to an activating group) is 1. The van der Waals surface area contributed by atoms with Gasteiger partial charge < -0.3 is 15.0 Å². The van der Waals surface area contributed by atoms with Gasteiger partial charge in [0, 0.05) is 29.4 Å². The van der Waals surface area contributed by atoms with Crippen molar-refractivity contribution in [3.8, 4) is 5.75 Å². The number of ether oxygens (including phenoxy) is 1. The van der Waals surface area contributed by atoms with E-state index >= 15 is 0 Å². The van der Waals surface area contributed by atoms with Gasteiger partial charge in [0.05, 0.1) is 23.2 Å². The third-order valence-electron chi connectivity index (χ3n) is 6.30. The second-order valence-corrected chi connectivity index (χ2v) is 10.1. The van der Waals surface area contributed by atoms with E-state index in [-0.39, 0.29) is 11.4 Å². The molecule has 0 aliphatic carbocycles. The standard InChI is InChI=1S/C27H31N3O2S/c1-8-30-22-14-23(32-7)19(12-21(22)18(4)15-27(30,5)6)13-24-25(31)29-26(33-24)28-20-10-9-16(2)17(3)11-20/h9-15H,8H2,1-7H3,(H,28,29,31)/b24-13+. The van der Waals surface area contributed by atoms with Gasteiger partial charge in [-0.05, 0) is 94.3 Å². The minimum atomic E-state index is -0.147. The van der Waals surface area contributed by atoms with Crippen molar-refractivity contribution in [1.82, 2.24) is 5.32 Å². The maximum atomic E-state index is 12.7. The normalized spacial score (nSPS) is 19.5. The van der Waals surface area contributed by atoms with Crippen molar-refractivity contribution in [3.05, 3.63) is 63.6 Å². The fourth-order valence-corrected chi connectivity index (χ4v) is 5.36. The summed E-state index contributed by atoms with van der Waals surface area (Å²) in [5, 5.41) is 3.47. The van der Waals surface area contributed by atoms with Gasteiger partial charge in [0.15, 0.2) is 5.17 Å². The number of aryl methyl sites for hydroxylation is 2. The summed E-state index contributed by atoms with van der Waals surface area (Å²) in [6.07, 6.45) is 4.19. The van der Waals surface area contributed by atoms with Gasteiger partial charge in [0.2, 0.25) is 0 Å². The van der Waals surface area contributed by atoms with Crippen LogP contribution >= 0.6 is 11.8 Å². The summed E-state index contributed by atoms with van der Waals surface area (Å²) in [5.41, 5.74) is 7.57. The van der Waals surface area contributed by atoms with E-state index in [1.54, 1.807) is 7.11 Å². The number of carbonyl (C=O) groups excluding carboxylic acids is 1. The molecule has 6 heteroatoms. The molecule has 2 aromatic carbocycles.